The minimum atomic E-state index is -0.790. The molecule has 1 aliphatic rings. The minimum Gasteiger partial charge on any atom is -0.481 e. The van der Waals surface area contributed by atoms with Crippen LogP contribution in [0.4, 0.5) is 0 Å². The first-order valence-corrected chi connectivity index (χ1v) is 7.17. The molecule has 21 heavy (non-hydrogen) atoms. The second-order valence-electron chi connectivity index (χ2n) is 5.49. The second kappa shape index (κ2) is 6.52. The molecular formula is C16H19NO4. The number of benzene rings is 1. The van der Waals surface area contributed by atoms with Gasteiger partial charge in [-0.3, -0.25) is 19.3 Å². The molecule has 1 aliphatic heterocycles. The summed E-state index contributed by atoms with van der Waals surface area (Å²) in [5.74, 6) is -0.971. The van der Waals surface area contributed by atoms with E-state index in [-0.39, 0.29) is 24.2 Å². The molecule has 0 saturated heterocycles. The molecular weight excluding hydrogens is 270 g/mol. The smallest absolute Gasteiger partial charge is 0.303 e. The van der Waals surface area contributed by atoms with Gasteiger partial charge in [-0.15, -0.1) is 0 Å². The Bertz CT molecular complexity index is 532. The summed E-state index contributed by atoms with van der Waals surface area (Å²) in [5.41, 5.74) is 0.947. The van der Waals surface area contributed by atoms with Crippen LogP contribution in [0.25, 0.3) is 0 Å². The molecule has 5 heteroatoms. The van der Waals surface area contributed by atoms with E-state index in [9.17, 15) is 14.4 Å². The van der Waals surface area contributed by atoms with Crippen LogP contribution in [0.5, 0.6) is 0 Å². The molecule has 0 bridgehead atoms. The Kier molecular flexibility index (Phi) is 4.73. The summed E-state index contributed by atoms with van der Waals surface area (Å²) in [6.45, 7) is 2.38. The number of hydrogen-bond donors (Lipinski definition) is 1. The van der Waals surface area contributed by atoms with E-state index in [0.717, 1.165) is 6.42 Å². The van der Waals surface area contributed by atoms with Gasteiger partial charge in [-0.05, 0) is 37.3 Å². The summed E-state index contributed by atoms with van der Waals surface area (Å²) in [5, 5.41) is 8.63. The zero-order valence-electron chi connectivity index (χ0n) is 12.0. The fourth-order valence-electron chi connectivity index (χ4n) is 2.55. The van der Waals surface area contributed by atoms with Crippen LogP contribution < -0.4 is 0 Å². The number of carboxylic acid groups (broad SMARTS) is 1. The van der Waals surface area contributed by atoms with Gasteiger partial charge in [0, 0.05) is 13.0 Å². The molecule has 0 saturated carbocycles. The topological polar surface area (TPSA) is 74.7 Å². The van der Waals surface area contributed by atoms with Gasteiger partial charge in [-0.1, -0.05) is 19.1 Å². The highest BCUT2D eigenvalue weighted by molar-refractivity contribution is 6.21. The Balaban J connectivity index is 1.84. The molecule has 1 atom stereocenters. The zero-order chi connectivity index (χ0) is 15.4. The lowest BCUT2D eigenvalue weighted by molar-refractivity contribution is -0.137. The molecule has 1 heterocycles. The Labute approximate surface area is 123 Å². The maximum Gasteiger partial charge on any atom is 0.303 e. The van der Waals surface area contributed by atoms with Gasteiger partial charge >= 0.3 is 5.97 Å². The quantitative estimate of drug-likeness (QED) is 0.783. The summed E-state index contributed by atoms with van der Waals surface area (Å²) < 4.78 is 0. The standard InChI is InChI=1S/C16H19NO4/c1-11(8-9-14(18)19)5-4-10-17-15(20)12-6-2-3-7-13(12)16(17)21/h2-3,6-7,11H,4-5,8-10H2,1H3,(H,18,19)/t11-/m0/s1. The van der Waals surface area contributed by atoms with Crippen LogP contribution in [0, 0.1) is 5.92 Å². The summed E-state index contributed by atoms with van der Waals surface area (Å²) in [6, 6.07) is 6.85. The molecule has 0 spiro atoms. The Hall–Kier alpha value is -2.17. The SMILES string of the molecule is C[C@@H](CCCN1C(=O)c2ccccc2C1=O)CCC(=O)O. The monoisotopic (exact) mass is 289 g/mol. The molecule has 2 amide bonds. The van der Waals surface area contributed by atoms with Crippen molar-refractivity contribution in [2.75, 3.05) is 6.54 Å². The van der Waals surface area contributed by atoms with E-state index in [0.29, 0.717) is 30.5 Å². The van der Waals surface area contributed by atoms with Crippen LogP contribution in [0.15, 0.2) is 24.3 Å². The Morgan fingerprint density at radius 1 is 1.14 bits per heavy atom. The maximum atomic E-state index is 12.1. The van der Waals surface area contributed by atoms with E-state index in [4.69, 9.17) is 5.11 Å². The molecule has 112 valence electrons. The van der Waals surface area contributed by atoms with Crippen molar-refractivity contribution >= 4 is 17.8 Å². The van der Waals surface area contributed by atoms with Crippen molar-refractivity contribution in [3.8, 4) is 0 Å². The van der Waals surface area contributed by atoms with Crippen molar-refractivity contribution < 1.29 is 19.5 Å². The lowest BCUT2D eigenvalue weighted by Crippen LogP contribution is -2.30. The van der Waals surface area contributed by atoms with Crippen LogP contribution in [-0.4, -0.2) is 34.3 Å². The van der Waals surface area contributed by atoms with Crippen LogP contribution in [0.1, 0.15) is 53.3 Å². The molecule has 0 unspecified atom stereocenters. The lowest BCUT2D eigenvalue weighted by atomic mass is 10.00. The van der Waals surface area contributed by atoms with E-state index >= 15 is 0 Å². The van der Waals surface area contributed by atoms with Crippen LogP contribution in [0.3, 0.4) is 0 Å². The Morgan fingerprint density at radius 3 is 2.24 bits per heavy atom. The van der Waals surface area contributed by atoms with E-state index < -0.39 is 5.97 Å². The summed E-state index contributed by atoms with van der Waals surface area (Å²) >= 11 is 0. The number of carboxylic acids is 1. The number of rotatable bonds is 7. The molecule has 0 aliphatic carbocycles. The number of amides is 2. The van der Waals surface area contributed by atoms with Gasteiger partial charge in [0.25, 0.3) is 11.8 Å². The van der Waals surface area contributed by atoms with Gasteiger partial charge in [0.15, 0.2) is 0 Å². The van der Waals surface area contributed by atoms with E-state index in [2.05, 4.69) is 0 Å². The number of nitrogens with zero attached hydrogens (tertiary/aromatic N) is 1. The van der Waals surface area contributed by atoms with Crippen molar-refractivity contribution in [1.82, 2.24) is 4.90 Å². The highest BCUT2D eigenvalue weighted by Crippen LogP contribution is 2.23. The van der Waals surface area contributed by atoms with Gasteiger partial charge in [0.05, 0.1) is 11.1 Å². The minimum absolute atomic E-state index is 0.161. The molecule has 0 aromatic heterocycles. The fourth-order valence-corrected chi connectivity index (χ4v) is 2.55. The number of fused-ring (bicyclic) bond motifs is 1. The van der Waals surface area contributed by atoms with Gasteiger partial charge in [0.2, 0.25) is 0 Å². The molecule has 1 aromatic rings. The van der Waals surface area contributed by atoms with Crippen molar-refractivity contribution in [2.45, 2.75) is 32.6 Å². The van der Waals surface area contributed by atoms with E-state index in [1.807, 2.05) is 6.92 Å². The third-order valence-electron chi connectivity index (χ3n) is 3.81. The molecule has 1 aromatic carbocycles. The fraction of sp³-hybridized carbons (Fsp3) is 0.438. The number of imide groups is 1. The number of hydrogen-bond acceptors (Lipinski definition) is 3. The Morgan fingerprint density at radius 2 is 1.71 bits per heavy atom. The first kappa shape index (κ1) is 15.2. The number of carbonyl (C=O) groups is 3. The second-order valence-corrected chi connectivity index (χ2v) is 5.49. The number of carbonyl (C=O) groups excluding carboxylic acids is 2. The molecule has 5 nitrogen and oxygen atoms in total. The lowest BCUT2D eigenvalue weighted by Gasteiger charge is -2.15. The van der Waals surface area contributed by atoms with Crippen LogP contribution in [0.2, 0.25) is 0 Å². The number of aliphatic carboxylic acids is 1. The highest BCUT2D eigenvalue weighted by atomic mass is 16.4. The van der Waals surface area contributed by atoms with Crippen molar-refractivity contribution in [3.05, 3.63) is 35.4 Å². The third kappa shape index (κ3) is 3.48. The predicted molar refractivity (Wildman–Crippen MR) is 77.1 cm³/mol. The third-order valence-corrected chi connectivity index (χ3v) is 3.81. The molecule has 0 fully saturated rings. The highest BCUT2D eigenvalue weighted by Gasteiger charge is 2.34. The van der Waals surface area contributed by atoms with Gasteiger partial charge in [-0.2, -0.15) is 0 Å². The summed E-state index contributed by atoms with van der Waals surface area (Å²) in [6.07, 6.45) is 2.29. The average molecular weight is 289 g/mol. The first-order chi connectivity index (χ1) is 10.0. The van der Waals surface area contributed by atoms with E-state index in [1.165, 1.54) is 4.90 Å². The molecule has 0 radical (unpaired) electrons. The largest absolute Gasteiger partial charge is 0.481 e. The van der Waals surface area contributed by atoms with Crippen molar-refractivity contribution in [3.63, 3.8) is 0 Å². The zero-order valence-corrected chi connectivity index (χ0v) is 12.0. The van der Waals surface area contributed by atoms with Gasteiger partial charge in [-0.25, -0.2) is 0 Å². The van der Waals surface area contributed by atoms with E-state index in [1.54, 1.807) is 24.3 Å². The maximum absolute atomic E-state index is 12.1. The van der Waals surface area contributed by atoms with Gasteiger partial charge < -0.3 is 5.11 Å². The predicted octanol–water partition coefficient (Wildman–Crippen LogP) is 2.56. The summed E-state index contributed by atoms with van der Waals surface area (Å²) in [4.78, 5) is 36.0. The normalized spacial score (nSPS) is 15.2. The van der Waals surface area contributed by atoms with Crippen LogP contribution >= 0.6 is 0 Å². The van der Waals surface area contributed by atoms with Crippen molar-refractivity contribution in [1.29, 1.82) is 0 Å². The summed E-state index contributed by atoms with van der Waals surface area (Å²) in [7, 11) is 0. The molecule has 2 rings (SSSR count). The van der Waals surface area contributed by atoms with Crippen molar-refractivity contribution in [2.24, 2.45) is 5.92 Å². The average Bonchev–Trinajstić information content (AvgIpc) is 2.70. The molecule has 1 N–H and O–H groups in total. The van der Waals surface area contributed by atoms with Gasteiger partial charge in [0.1, 0.15) is 0 Å². The first-order valence-electron chi connectivity index (χ1n) is 7.17. The van der Waals surface area contributed by atoms with Crippen LogP contribution in [-0.2, 0) is 4.79 Å².